The van der Waals surface area contributed by atoms with Gasteiger partial charge in [0, 0.05) is 6.42 Å². The fraction of sp³-hybridized carbons (Fsp3) is 0.429. The van der Waals surface area contributed by atoms with Crippen LogP contribution in [0.3, 0.4) is 0 Å². The number of hydrogen-bond acceptors (Lipinski definition) is 3. The number of carbonyl (C=O) groups excluding carboxylic acids is 1. The van der Waals surface area contributed by atoms with Crippen molar-refractivity contribution in [3.05, 3.63) is 29.3 Å². The Morgan fingerprint density at radius 2 is 2.21 bits per heavy atom. The summed E-state index contributed by atoms with van der Waals surface area (Å²) in [5, 5.41) is 11.3. The number of amides is 1. The first-order chi connectivity index (χ1) is 9.16. The number of nitrogens with one attached hydrogen (secondary N) is 1. The average Bonchev–Trinajstić information content (AvgIpc) is 2.57. The summed E-state index contributed by atoms with van der Waals surface area (Å²) in [6.07, 6.45) is 2.41. The molecule has 0 spiro atoms. The summed E-state index contributed by atoms with van der Waals surface area (Å²) in [6.45, 7) is 0.998. The normalized spacial score (nSPS) is 14.0. The van der Waals surface area contributed by atoms with Crippen molar-refractivity contribution in [2.24, 2.45) is 0 Å². The predicted octanol–water partition coefficient (Wildman–Crippen LogP) is 1.61. The number of hydrogen-bond donors (Lipinski definition) is 2. The molecule has 0 fully saturated rings. The SMILES string of the molecule is O=C(O)CCCCc1ccc2c(c1)C(=O)NCCO2. The molecule has 0 radical (unpaired) electrons. The number of ether oxygens (including phenoxy) is 1. The van der Waals surface area contributed by atoms with E-state index in [0.29, 0.717) is 30.9 Å². The molecule has 0 unspecified atom stereocenters. The molecule has 0 atom stereocenters. The molecule has 102 valence electrons. The zero-order valence-electron chi connectivity index (χ0n) is 10.6. The lowest BCUT2D eigenvalue weighted by atomic mass is 10.0. The Balaban J connectivity index is 1.99. The van der Waals surface area contributed by atoms with Gasteiger partial charge in [-0.05, 0) is 37.0 Å². The zero-order valence-corrected chi connectivity index (χ0v) is 10.6. The van der Waals surface area contributed by atoms with Gasteiger partial charge in [0.25, 0.3) is 5.91 Å². The Kier molecular flexibility index (Phi) is 4.39. The molecule has 5 heteroatoms. The molecule has 1 aliphatic heterocycles. The van der Waals surface area contributed by atoms with E-state index in [1.807, 2.05) is 18.2 Å². The molecule has 0 saturated heterocycles. The van der Waals surface area contributed by atoms with E-state index in [1.165, 1.54) is 0 Å². The number of aryl methyl sites for hydroxylation is 1. The van der Waals surface area contributed by atoms with E-state index in [1.54, 1.807) is 0 Å². The molecule has 2 N–H and O–H groups in total. The van der Waals surface area contributed by atoms with E-state index in [9.17, 15) is 9.59 Å². The van der Waals surface area contributed by atoms with Gasteiger partial charge in [-0.1, -0.05) is 6.07 Å². The predicted molar refractivity (Wildman–Crippen MR) is 69.5 cm³/mol. The van der Waals surface area contributed by atoms with Crippen LogP contribution < -0.4 is 10.1 Å². The van der Waals surface area contributed by atoms with Gasteiger partial charge in [-0.2, -0.15) is 0 Å². The number of benzene rings is 1. The Bertz CT molecular complexity index is 484. The first kappa shape index (κ1) is 13.4. The third-order valence-corrected chi connectivity index (χ3v) is 3.04. The van der Waals surface area contributed by atoms with Gasteiger partial charge in [-0.25, -0.2) is 0 Å². The summed E-state index contributed by atoms with van der Waals surface area (Å²) in [5.74, 6) is -0.265. The van der Waals surface area contributed by atoms with Crippen molar-refractivity contribution in [2.45, 2.75) is 25.7 Å². The monoisotopic (exact) mass is 263 g/mol. The molecule has 0 bridgehead atoms. The number of unbranched alkanes of at least 4 members (excludes halogenated alkanes) is 1. The van der Waals surface area contributed by atoms with Crippen molar-refractivity contribution in [3.63, 3.8) is 0 Å². The van der Waals surface area contributed by atoms with Crippen molar-refractivity contribution in [1.82, 2.24) is 5.32 Å². The van der Waals surface area contributed by atoms with E-state index < -0.39 is 5.97 Å². The minimum atomic E-state index is -0.769. The summed E-state index contributed by atoms with van der Waals surface area (Å²) >= 11 is 0. The lowest BCUT2D eigenvalue weighted by Crippen LogP contribution is -2.24. The number of carboxylic acid groups (broad SMARTS) is 1. The van der Waals surface area contributed by atoms with Crippen molar-refractivity contribution in [3.8, 4) is 5.75 Å². The van der Waals surface area contributed by atoms with Crippen LogP contribution in [0.2, 0.25) is 0 Å². The van der Waals surface area contributed by atoms with Gasteiger partial charge < -0.3 is 15.2 Å². The maximum Gasteiger partial charge on any atom is 0.303 e. The molecule has 2 rings (SSSR count). The second kappa shape index (κ2) is 6.22. The lowest BCUT2D eigenvalue weighted by molar-refractivity contribution is -0.137. The van der Waals surface area contributed by atoms with Gasteiger partial charge in [0.15, 0.2) is 0 Å². The molecule has 19 heavy (non-hydrogen) atoms. The molecular weight excluding hydrogens is 246 g/mol. The summed E-state index contributed by atoms with van der Waals surface area (Å²) in [6, 6.07) is 5.57. The van der Waals surface area contributed by atoms with Crippen LogP contribution in [0.15, 0.2) is 18.2 Å². The standard InChI is InChI=1S/C14H17NO4/c16-13(17)4-2-1-3-10-5-6-12-11(9-10)14(18)15-7-8-19-12/h5-6,9H,1-4,7-8H2,(H,15,18)(H,16,17). The minimum absolute atomic E-state index is 0.111. The summed E-state index contributed by atoms with van der Waals surface area (Å²) in [5.41, 5.74) is 1.60. The van der Waals surface area contributed by atoms with Crippen molar-refractivity contribution in [2.75, 3.05) is 13.2 Å². The van der Waals surface area contributed by atoms with Crippen LogP contribution in [-0.4, -0.2) is 30.1 Å². The lowest BCUT2D eigenvalue weighted by Gasteiger charge is -2.07. The largest absolute Gasteiger partial charge is 0.491 e. The van der Waals surface area contributed by atoms with Crippen molar-refractivity contribution in [1.29, 1.82) is 0 Å². The van der Waals surface area contributed by atoms with Crippen LogP contribution in [0.5, 0.6) is 5.75 Å². The van der Waals surface area contributed by atoms with Crippen LogP contribution in [0.1, 0.15) is 35.2 Å². The number of aliphatic carboxylic acids is 1. The van der Waals surface area contributed by atoms with Crippen molar-refractivity contribution < 1.29 is 19.4 Å². The fourth-order valence-corrected chi connectivity index (χ4v) is 2.06. The highest BCUT2D eigenvalue weighted by Crippen LogP contribution is 2.22. The zero-order chi connectivity index (χ0) is 13.7. The molecule has 1 aliphatic rings. The number of carboxylic acids is 1. The molecule has 5 nitrogen and oxygen atoms in total. The Hall–Kier alpha value is -2.04. The number of carbonyl (C=O) groups is 2. The van der Waals surface area contributed by atoms with Crippen LogP contribution in [0.25, 0.3) is 0 Å². The highest BCUT2D eigenvalue weighted by atomic mass is 16.5. The first-order valence-electron chi connectivity index (χ1n) is 6.42. The van der Waals surface area contributed by atoms with E-state index in [-0.39, 0.29) is 12.3 Å². The van der Waals surface area contributed by atoms with Gasteiger partial charge in [0.2, 0.25) is 0 Å². The van der Waals surface area contributed by atoms with Crippen LogP contribution in [-0.2, 0) is 11.2 Å². The molecule has 1 aromatic carbocycles. The van der Waals surface area contributed by atoms with Gasteiger partial charge in [0.05, 0.1) is 12.1 Å². The molecular formula is C14H17NO4. The molecule has 1 aromatic rings. The summed E-state index contributed by atoms with van der Waals surface area (Å²) < 4.78 is 5.47. The first-order valence-corrected chi connectivity index (χ1v) is 6.42. The third kappa shape index (κ3) is 3.71. The van der Waals surface area contributed by atoms with E-state index >= 15 is 0 Å². The Morgan fingerprint density at radius 3 is 3.00 bits per heavy atom. The summed E-state index contributed by atoms with van der Waals surface area (Å²) in [7, 11) is 0. The minimum Gasteiger partial charge on any atom is -0.491 e. The van der Waals surface area contributed by atoms with Crippen molar-refractivity contribution >= 4 is 11.9 Å². The maximum atomic E-state index is 11.8. The van der Waals surface area contributed by atoms with Crippen LogP contribution >= 0.6 is 0 Å². The number of rotatable bonds is 5. The third-order valence-electron chi connectivity index (χ3n) is 3.04. The highest BCUT2D eigenvalue weighted by Gasteiger charge is 2.16. The summed E-state index contributed by atoms with van der Waals surface area (Å²) in [4.78, 5) is 22.2. The van der Waals surface area contributed by atoms with E-state index in [0.717, 1.165) is 18.4 Å². The second-order valence-corrected chi connectivity index (χ2v) is 4.54. The molecule has 1 heterocycles. The van der Waals surface area contributed by atoms with Gasteiger partial charge in [-0.15, -0.1) is 0 Å². The van der Waals surface area contributed by atoms with E-state index in [4.69, 9.17) is 9.84 Å². The molecule has 1 amide bonds. The van der Waals surface area contributed by atoms with Crippen LogP contribution in [0.4, 0.5) is 0 Å². The quantitative estimate of drug-likeness (QED) is 0.791. The fourth-order valence-electron chi connectivity index (χ4n) is 2.06. The highest BCUT2D eigenvalue weighted by molar-refractivity contribution is 5.97. The molecule has 0 aliphatic carbocycles. The maximum absolute atomic E-state index is 11.8. The number of fused-ring (bicyclic) bond motifs is 1. The van der Waals surface area contributed by atoms with Crippen LogP contribution in [0, 0.1) is 0 Å². The molecule has 0 aromatic heterocycles. The van der Waals surface area contributed by atoms with E-state index in [2.05, 4.69) is 5.32 Å². The van der Waals surface area contributed by atoms with Gasteiger partial charge >= 0.3 is 5.97 Å². The average molecular weight is 263 g/mol. The molecule has 0 saturated carbocycles. The van der Waals surface area contributed by atoms with Gasteiger partial charge in [-0.3, -0.25) is 9.59 Å². The Morgan fingerprint density at radius 1 is 1.37 bits per heavy atom. The Labute approximate surface area is 111 Å². The topological polar surface area (TPSA) is 75.6 Å². The van der Waals surface area contributed by atoms with Gasteiger partial charge in [0.1, 0.15) is 12.4 Å². The second-order valence-electron chi connectivity index (χ2n) is 4.54. The smallest absolute Gasteiger partial charge is 0.303 e.